The summed E-state index contributed by atoms with van der Waals surface area (Å²) >= 11 is 1.07. The van der Waals surface area contributed by atoms with Gasteiger partial charge in [-0.25, -0.2) is 0 Å². The van der Waals surface area contributed by atoms with E-state index in [2.05, 4.69) is 15.8 Å². The molecule has 0 aliphatic carbocycles. The van der Waals surface area contributed by atoms with Crippen molar-refractivity contribution in [2.45, 2.75) is 6.92 Å². The van der Waals surface area contributed by atoms with Crippen LogP contribution in [-0.4, -0.2) is 22.6 Å². The molecule has 0 spiro atoms. The van der Waals surface area contributed by atoms with Gasteiger partial charge in [-0.15, -0.1) is 11.3 Å². The monoisotopic (exact) mass is 289 g/mol. The number of hydrazine groups is 1. The summed E-state index contributed by atoms with van der Waals surface area (Å²) in [5.74, 6) is -1.10. The lowest BCUT2D eigenvalue weighted by Gasteiger charge is -2.05. The van der Waals surface area contributed by atoms with Crippen LogP contribution in [0.3, 0.4) is 0 Å². The van der Waals surface area contributed by atoms with Gasteiger partial charge in [0.05, 0.1) is 9.75 Å². The summed E-state index contributed by atoms with van der Waals surface area (Å²) < 4.78 is 0. The molecule has 2 rings (SSSR count). The van der Waals surface area contributed by atoms with Gasteiger partial charge in [0.25, 0.3) is 11.8 Å². The molecule has 20 heavy (non-hydrogen) atoms. The van der Waals surface area contributed by atoms with Crippen molar-refractivity contribution in [3.63, 3.8) is 0 Å². The third kappa shape index (κ3) is 3.27. The molecule has 0 saturated carbocycles. The van der Waals surface area contributed by atoms with E-state index in [0.717, 1.165) is 11.3 Å². The average molecular weight is 289 g/mol. The van der Waals surface area contributed by atoms with Crippen LogP contribution in [0.2, 0.25) is 0 Å². The first-order chi connectivity index (χ1) is 9.58. The van der Waals surface area contributed by atoms with E-state index >= 15 is 0 Å². The van der Waals surface area contributed by atoms with Gasteiger partial charge in [0.15, 0.2) is 5.78 Å². The molecule has 0 bridgehead atoms. The van der Waals surface area contributed by atoms with E-state index in [0.29, 0.717) is 9.75 Å². The van der Waals surface area contributed by atoms with Crippen molar-refractivity contribution in [2.24, 2.45) is 0 Å². The lowest BCUT2D eigenvalue weighted by molar-refractivity contribution is 0.0846. The van der Waals surface area contributed by atoms with E-state index in [1.165, 1.54) is 25.3 Å². The smallest absolute Gasteiger partial charge is 0.288 e. The second-order valence-corrected chi connectivity index (χ2v) is 4.93. The highest BCUT2D eigenvalue weighted by Gasteiger charge is 2.13. The third-order valence-corrected chi connectivity index (χ3v) is 3.55. The Morgan fingerprint density at radius 3 is 2.30 bits per heavy atom. The zero-order chi connectivity index (χ0) is 14.5. The highest BCUT2D eigenvalue weighted by atomic mass is 32.1. The predicted octanol–water partition coefficient (Wildman–Crippen LogP) is 1.42. The molecule has 0 aliphatic heterocycles. The minimum absolute atomic E-state index is 0.105. The third-order valence-electron chi connectivity index (χ3n) is 2.36. The van der Waals surface area contributed by atoms with E-state index in [9.17, 15) is 14.4 Å². The molecule has 2 heterocycles. The predicted molar refractivity (Wildman–Crippen MR) is 73.5 cm³/mol. The molecule has 2 N–H and O–H groups in total. The molecule has 6 nitrogen and oxygen atoms in total. The molecule has 0 aliphatic rings. The molecule has 0 fully saturated rings. The van der Waals surface area contributed by atoms with E-state index in [-0.39, 0.29) is 11.5 Å². The fraction of sp³-hybridized carbons (Fsp3) is 0.0769. The molecular weight excluding hydrogens is 278 g/mol. The first-order valence-corrected chi connectivity index (χ1v) is 6.52. The summed E-state index contributed by atoms with van der Waals surface area (Å²) in [4.78, 5) is 39.2. The average Bonchev–Trinajstić information content (AvgIpc) is 2.95. The standard InChI is InChI=1S/C13H11N3O3S/c1-8(17)10-5-6-11(20-10)13(19)16-15-12(18)9-4-2-3-7-14-9/h2-7H,1H3,(H,15,18)(H,16,19). The molecule has 0 saturated heterocycles. The Hall–Kier alpha value is -2.54. The lowest BCUT2D eigenvalue weighted by atomic mass is 10.3. The van der Waals surface area contributed by atoms with Crippen molar-refractivity contribution in [2.75, 3.05) is 0 Å². The number of aromatic nitrogens is 1. The number of nitrogens with zero attached hydrogens (tertiary/aromatic N) is 1. The summed E-state index contributed by atoms with van der Waals surface area (Å²) in [6.07, 6.45) is 1.48. The number of Topliss-reactive ketones (excluding diaryl/α,β-unsaturated/α-hetero) is 1. The first-order valence-electron chi connectivity index (χ1n) is 5.70. The van der Waals surface area contributed by atoms with Crippen LogP contribution >= 0.6 is 11.3 Å². The Morgan fingerprint density at radius 2 is 1.70 bits per heavy atom. The second kappa shape index (κ2) is 6.07. The van der Waals surface area contributed by atoms with E-state index in [1.807, 2.05) is 0 Å². The van der Waals surface area contributed by atoms with Crippen molar-refractivity contribution in [1.29, 1.82) is 0 Å². The summed E-state index contributed by atoms with van der Waals surface area (Å²) in [6, 6.07) is 7.99. The molecule has 102 valence electrons. The van der Waals surface area contributed by atoms with E-state index in [1.54, 1.807) is 18.2 Å². The number of hydrogen-bond acceptors (Lipinski definition) is 5. The van der Waals surface area contributed by atoms with Gasteiger partial charge in [-0.05, 0) is 31.2 Å². The topological polar surface area (TPSA) is 88.2 Å². The minimum atomic E-state index is -0.512. The maximum Gasteiger partial charge on any atom is 0.288 e. The summed E-state index contributed by atoms with van der Waals surface area (Å²) in [7, 11) is 0. The number of carbonyl (C=O) groups is 3. The van der Waals surface area contributed by atoms with Crippen LogP contribution in [0.1, 0.15) is 36.8 Å². The molecule has 2 aromatic heterocycles. The van der Waals surface area contributed by atoms with E-state index < -0.39 is 11.8 Å². The second-order valence-electron chi connectivity index (χ2n) is 3.84. The number of amides is 2. The molecule has 2 amide bonds. The Morgan fingerprint density at radius 1 is 1.00 bits per heavy atom. The number of thiophene rings is 1. The Bertz CT molecular complexity index is 652. The van der Waals surface area contributed by atoms with Crippen LogP contribution in [0.15, 0.2) is 36.5 Å². The van der Waals surface area contributed by atoms with Crippen LogP contribution in [0.25, 0.3) is 0 Å². The highest BCUT2D eigenvalue weighted by molar-refractivity contribution is 7.15. The maximum atomic E-state index is 11.8. The van der Waals surface area contributed by atoms with Crippen molar-refractivity contribution in [1.82, 2.24) is 15.8 Å². The zero-order valence-electron chi connectivity index (χ0n) is 10.5. The van der Waals surface area contributed by atoms with Gasteiger partial charge in [0.2, 0.25) is 0 Å². The van der Waals surface area contributed by atoms with Crippen molar-refractivity contribution in [3.8, 4) is 0 Å². The van der Waals surface area contributed by atoms with Gasteiger partial charge < -0.3 is 0 Å². The molecule has 0 atom stereocenters. The van der Waals surface area contributed by atoms with Crippen LogP contribution in [0.4, 0.5) is 0 Å². The van der Waals surface area contributed by atoms with Crippen LogP contribution < -0.4 is 10.9 Å². The van der Waals surface area contributed by atoms with Crippen LogP contribution in [-0.2, 0) is 0 Å². The van der Waals surface area contributed by atoms with Gasteiger partial charge >= 0.3 is 0 Å². The van der Waals surface area contributed by atoms with Gasteiger partial charge in [0, 0.05) is 6.20 Å². The lowest BCUT2D eigenvalue weighted by Crippen LogP contribution is -2.41. The van der Waals surface area contributed by atoms with Gasteiger partial charge in [0.1, 0.15) is 5.69 Å². The molecule has 0 radical (unpaired) electrons. The minimum Gasteiger partial charge on any atom is -0.294 e. The normalized spacial score (nSPS) is 9.85. The van der Waals surface area contributed by atoms with Gasteiger partial charge in [-0.2, -0.15) is 0 Å². The van der Waals surface area contributed by atoms with Crippen molar-refractivity contribution < 1.29 is 14.4 Å². The summed E-state index contributed by atoms with van der Waals surface area (Å²) in [5.41, 5.74) is 4.72. The molecule has 2 aromatic rings. The number of hydrogen-bond donors (Lipinski definition) is 2. The zero-order valence-corrected chi connectivity index (χ0v) is 11.4. The Kier molecular flexibility index (Phi) is 4.21. The number of nitrogens with one attached hydrogen (secondary N) is 2. The van der Waals surface area contributed by atoms with Crippen LogP contribution in [0.5, 0.6) is 0 Å². The first kappa shape index (κ1) is 13.9. The fourth-order valence-electron chi connectivity index (χ4n) is 1.39. The van der Waals surface area contributed by atoms with Gasteiger partial charge in [-0.1, -0.05) is 6.07 Å². The van der Waals surface area contributed by atoms with Crippen LogP contribution in [0, 0.1) is 0 Å². The number of carbonyl (C=O) groups excluding carboxylic acids is 3. The fourth-order valence-corrected chi connectivity index (χ4v) is 2.18. The summed E-state index contributed by atoms with van der Waals surface area (Å²) in [6.45, 7) is 1.43. The molecule has 0 unspecified atom stereocenters. The number of pyridine rings is 1. The SMILES string of the molecule is CC(=O)c1ccc(C(=O)NNC(=O)c2ccccn2)s1. The summed E-state index contributed by atoms with van der Waals surface area (Å²) in [5, 5.41) is 0. The number of rotatable bonds is 3. The number of ketones is 1. The molecule has 0 aromatic carbocycles. The van der Waals surface area contributed by atoms with Crippen molar-refractivity contribution in [3.05, 3.63) is 52.0 Å². The Balaban J connectivity index is 1.95. The Labute approximate surface area is 118 Å². The largest absolute Gasteiger partial charge is 0.294 e. The van der Waals surface area contributed by atoms with Gasteiger partial charge in [-0.3, -0.25) is 30.2 Å². The highest BCUT2D eigenvalue weighted by Crippen LogP contribution is 2.16. The maximum absolute atomic E-state index is 11.8. The van der Waals surface area contributed by atoms with E-state index in [4.69, 9.17) is 0 Å². The molecule has 7 heteroatoms. The molecular formula is C13H11N3O3S. The van der Waals surface area contributed by atoms with Crippen molar-refractivity contribution >= 4 is 28.9 Å². The quantitative estimate of drug-likeness (QED) is 0.660.